The van der Waals surface area contributed by atoms with Gasteiger partial charge in [0.2, 0.25) is 0 Å². The van der Waals surface area contributed by atoms with E-state index >= 15 is 0 Å². The summed E-state index contributed by atoms with van der Waals surface area (Å²) in [5.41, 5.74) is -0.0217. The predicted octanol–water partition coefficient (Wildman–Crippen LogP) is 1.05. The molecule has 0 aromatic rings. The van der Waals surface area contributed by atoms with E-state index in [0.29, 0.717) is 23.4 Å². The lowest BCUT2D eigenvalue weighted by atomic mass is 9.77. The largest absolute Gasteiger partial charge is 0.468 e. The van der Waals surface area contributed by atoms with Gasteiger partial charge in [-0.3, -0.25) is 4.79 Å². The third-order valence-electron chi connectivity index (χ3n) is 3.70. The molecule has 100 valence electrons. The van der Waals surface area contributed by atoms with Crippen LogP contribution in [0, 0.1) is 5.41 Å². The van der Waals surface area contributed by atoms with Crippen molar-refractivity contribution in [1.82, 2.24) is 4.90 Å². The van der Waals surface area contributed by atoms with E-state index in [1.807, 2.05) is 6.92 Å². The number of allylic oxidation sites excluding steroid dienone is 2. The van der Waals surface area contributed by atoms with Crippen LogP contribution in [0.2, 0.25) is 0 Å². The molecule has 0 aromatic heterocycles. The number of sulfone groups is 1. The van der Waals surface area contributed by atoms with Crippen molar-refractivity contribution in [2.75, 3.05) is 20.0 Å². The van der Waals surface area contributed by atoms with Gasteiger partial charge in [-0.15, -0.1) is 0 Å². The number of carbonyl (C=O) groups is 1. The number of nitrogens with zero attached hydrogens (tertiary/aromatic N) is 1. The van der Waals surface area contributed by atoms with Gasteiger partial charge < -0.3 is 9.64 Å². The van der Waals surface area contributed by atoms with Gasteiger partial charge >= 0.3 is 5.97 Å². The molecule has 0 radical (unpaired) electrons. The molecule has 1 aliphatic heterocycles. The summed E-state index contributed by atoms with van der Waals surface area (Å²) in [6.07, 6.45) is 4.20. The Bertz CT molecular complexity index is 546. The average Bonchev–Trinajstić information content (AvgIpc) is 2.58. The van der Waals surface area contributed by atoms with E-state index in [1.165, 1.54) is 7.11 Å². The summed E-state index contributed by atoms with van der Waals surface area (Å²) >= 11 is 0. The Morgan fingerprint density at radius 2 is 2.22 bits per heavy atom. The van der Waals surface area contributed by atoms with Gasteiger partial charge in [-0.1, -0.05) is 13.0 Å². The second-order valence-electron chi connectivity index (χ2n) is 4.76. The van der Waals surface area contributed by atoms with Gasteiger partial charge in [0.1, 0.15) is 5.88 Å². The summed E-state index contributed by atoms with van der Waals surface area (Å²) in [7, 11) is -0.134. The van der Waals surface area contributed by atoms with Crippen molar-refractivity contribution in [2.24, 2.45) is 5.41 Å². The van der Waals surface area contributed by atoms with Crippen molar-refractivity contribution in [3.63, 3.8) is 0 Å². The smallest absolute Gasteiger partial charge is 0.316 e. The van der Waals surface area contributed by atoms with Crippen molar-refractivity contribution in [2.45, 2.75) is 19.8 Å². The first kappa shape index (κ1) is 13.1. The van der Waals surface area contributed by atoms with Crippen molar-refractivity contribution in [3.8, 4) is 0 Å². The zero-order valence-electron chi connectivity index (χ0n) is 10.8. The van der Waals surface area contributed by atoms with Gasteiger partial charge in [0.05, 0.1) is 17.4 Å². The normalized spacial score (nSPS) is 29.4. The van der Waals surface area contributed by atoms with E-state index in [0.717, 1.165) is 0 Å². The lowest BCUT2D eigenvalue weighted by Gasteiger charge is -2.31. The molecule has 1 aliphatic carbocycles. The van der Waals surface area contributed by atoms with E-state index in [-0.39, 0.29) is 11.8 Å². The van der Waals surface area contributed by atoms with Gasteiger partial charge in [-0.25, -0.2) is 8.42 Å². The van der Waals surface area contributed by atoms with Crippen LogP contribution in [0.5, 0.6) is 0 Å². The van der Waals surface area contributed by atoms with E-state index in [4.69, 9.17) is 4.74 Å². The Labute approximate surface area is 107 Å². The highest BCUT2D eigenvalue weighted by Gasteiger charge is 2.44. The van der Waals surface area contributed by atoms with E-state index in [9.17, 15) is 13.2 Å². The summed E-state index contributed by atoms with van der Waals surface area (Å²) in [5, 5.41) is 0. The third-order valence-corrected chi connectivity index (χ3v) is 5.47. The van der Waals surface area contributed by atoms with E-state index in [2.05, 4.69) is 0 Å². The predicted molar refractivity (Wildman–Crippen MR) is 67.1 cm³/mol. The Balaban J connectivity index is 2.45. The van der Waals surface area contributed by atoms with E-state index in [1.54, 1.807) is 24.1 Å². The second kappa shape index (κ2) is 4.12. The molecule has 0 aromatic carbocycles. The number of esters is 1. The molecule has 1 heterocycles. The third kappa shape index (κ3) is 1.75. The fraction of sp³-hybridized carbons (Fsp3) is 0.583. The molecular weight excluding hydrogens is 254 g/mol. The molecule has 5 nitrogen and oxygen atoms in total. The minimum absolute atomic E-state index is 0.0109. The van der Waals surface area contributed by atoms with Crippen LogP contribution in [0.4, 0.5) is 0 Å². The average molecular weight is 271 g/mol. The van der Waals surface area contributed by atoms with Crippen molar-refractivity contribution in [1.29, 1.82) is 0 Å². The molecule has 0 saturated carbocycles. The standard InChI is InChI=1S/C12H17NO4S/c1-4-12(11(14)17-3)6-5-10-9(7-12)13(2)8-18(10,15)16/h5-6H,4,7-8H2,1-3H3. The highest BCUT2D eigenvalue weighted by Crippen LogP contribution is 2.43. The zero-order chi connectivity index (χ0) is 13.6. The van der Waals surface area contributed by atoms with Crippen molar-refractivity contribution >= 4 is 15.8 Å². The Morgan fingerprint density at radius 3 is 2.78 bits per heavy atom. The van der Waals surface area contributed by atoms with Crippen LogP contribution >= 0.6 is 0 Å². The maximum atomic E-state index is 11.9. The first-order chi connectivity index (χ1) is 8.36. The highest BCUT2D eigenvalue weighted by molar-refractivity contribution is 7.95. The molecule has 0 spiro atoms. The molecule has 0 amide bonds. The van der Waals surface area contributed by atoms with Crippen LogP contribution < -0.4 is 0 Å². The molecule has 18 heavy (non-hydrogen) atoms. The Morgan fingerprint density at radius 1 is 1.56 bits per heavy atom. The lowest BCUT2D eigenvalue weighted by molar-refractivity contribution is -0.150. The van der Waals surface area contributed by atoms with Gasteiger partial charge in [0, 0.05) is 19.2 Å². The van der Waals surface area contributed by atoms with Crippen LogP contribution in [-0.4, -0.2) is 39.3 Å². The number of ether oxygens (including phenoxy) is 1. The molecule has 0 N–H and O–H groups in total. The minimum Gasteiger partial charge on any atom is -0.468 e. The summed E-state index contributed by atoms with van der Waals surface area (Å²) in [4.78, 5) is 14.0. The van der Waals surface area contributed by atoms with Gasteiger partial charge in [-0.05, 0) is 12.5 Å². The Hall–Kier alpha value is -1.30. The molecule has 6 heteroatoms. The SMILES string of the molecule is CCC1(C(=O)OC)C=CC2=C(C1)N(C)CS2(=O)=O. The molecule has 0 fully saturated rings. The van der Waals surface area contributed by atoms with Gasteiger partial charge in [-0.2, -0.15) is 0 Å². The molecule has 1 unspecified atom stereocenters. The van der Waals surface area contributed by atoms with Crippen molar-refractivity contribution in [3.05, 3.63) is 22.8 Å². The van der Waals surface area contributed by atoms with E-state index < -0.39 is 15.3 Å². The maximum absolute atomic E-state index is 11.9. The van der Waals surface area contributed by atoms with Crippen LogP contribution in [0.15, 0.2) is 22.8 Å². The molecule has 0 bridgehead atoms. The first-order valence-corrected chi connectivity index (χ1v) is 7.46. The molecule has 2 aliphatic rings. The monoisotopic (exact) mass is 271 g/mol. The van der Waals surface area contributed by atoms with Crippen LogP contribution in [0.3, 0.4) is 0 Å². The highest BCUT2D eigenvalue weighted by atomic mass is 32.2. The maximum Gasteiger partial charge on any atom is 0.316 e. The number of hydrogen-bond acceptors (Lipinski definition) is 5. The summed E-state index contributed by atoms with van der Waals surface area (Å²) in [6, 6.07) is 0. The Kier molecular flexibility index (Phi) is 3.01. The number of carbonyl (C=O) groups excluding carboxylic acids is 1. The fourth-order valence-corrected chi connectivity index (χ4v) is 4.18. The summed E-state index contributed by atoms with van der Waals surface area (Å²) in [6.45, 7) is 1.90. The number of rotatable bonds is 2. The number of methoxy groups -OCH3 is 1. The fourth-order valence-electron chi connectivity index (χ4n) is 2.52. The molecular formula is C12H17NO4S. The van der Waals surface area contributed by atoms with Gasteiger partial charge in [0.25, 0.3) is 0 Å². The minimum atomic E-state index is -3.22. The summed E-state index contributed by atoms with van der Waals surface area (Å²) in [5.74, 6) is -0.325. The van der Waals surface area contributed by atoms with Crippen molar-refractivity contribution < 1.29 is 17.9 Å². The molecule has 2 rings (SSSR count). The lowest BCUT2D eigenvalue weighted by Crippen LogP contribution is -2.33. The van der Waals surface area contributed by atoms with Crippen LogP contribution in [0.25, 0.3) is 0 Å². The first-order valence-electron chi connectivity index (χ1n) is 5.81. The quantitative estimate of drug-likeness (QED) is 0.702. The van der Waals surface area contributed by atoms with Gasteiger partial charge in [0.15, 0.2) is 9.84 Å². The summed E-state index contributed by atoms with van der Waals surface area (Å²) < 4.78 is 28.6. The second-order valence-corrected chi connectivity index (χ2v) is 6.69. The topological polar surface area (TPSA) is 63.7 Å². The van der Waals surface area contributed by atoms with Crippen LogP contribution in [0.1, 0.15) is 19.8 Å². The number of hydrogen-bond donors (Lipinski definition) is 0. The molecule has 0 saturated heterocycles. The zero-order valence-corrected chi connectivity index (χ0v) is 11.6. The molecule has 1 atom stereocenters. The van der Waals surface area contributed by atoms with Crippen LogP contribution in [-0.2, 0) is 19.4 Å².